The molecule has 122 valence electrons. The van der Waals surface area contributed by atoms with E-state index in [0.29, 0.717) is 18.8 Å². The lowest BCUT2D eigenvalue weighted by molar-refractivity contribution is 0.0219. The number of rotatable bonds is 3. The number of pyridine rings is 1. The molecule has 0 bridgehead atoms. The van der Waals surface area contributed by atoms with E-state index in [1.165, 1.54) is 0 Å². The number of carbonyl (C=O) groups is 1. The SMILES string of the molecule is CC(C)(C)OC(=O)N1CCC[C@H]([S@@](=O)Cc2cccnc2)C1. The first-order valence-corrected chi connectivity index (χ1v) is 8.97. The number of ether oxygens (including phenoxy) is 1. The normalized spacial score (nSPS) is 20.5. The van der Waals surface area contributed by atoms with Crippen LogP contribution in [0.5, 0.6) is 0 Å². The van der Waals surface area contributed by atoms with Gasteiger partial charge in [0.15, 0.2) is 0 Å². The molecule has 1 fully saturated rings. The first-order chi connectivity index (χ1) is 10.3. The summed E-state index contributed by atoms with van der Waals surface area (Å²) in [6.07, 6.45) is 4.88. The number of hydrogen-bond donors (Lipinski definition) is 0. The number of aromatic nitrogens is 1. The van der Waals surface area contributed by atoms with Crippen molar-refractivity contribution in [2.24, 2.45) is 0 Å². The van der Waals surface area contributed by atoms with Crippen molar-refractivity contribution in [3.8, 4) is 0 Å². The van der Waals surface area contributed by atoms with E-state index in [1.807, 2.05) is 32.9 Å². The highest BCUT2D eigenvalue weighted by molar-refractivity contribution is 7.84. The van der Waals surface area contributed by atoms with Crippen LogP contribution in [0.3, 0.4) is 0 Å². The third kappa shape index (κ3) is 5.09. The Morgan fingerprint density at radius 1 is 1.50 bits per heavy atom. The molecule has 6 heteroatoms. The Bertz CT molecular complexity index is 528. The summed E-state index contributed by atoms with van der Waals surface area (Å²) in [5.74, 6) is 0.487. The Morgan fingerprint density at radius 3 is 2.91 bits per heavy atom. The second-order valence-corrected chi connectivity index (χ2v) is 8.29. The molecule has 0 aromatic carbocycles. The lowest BCUT2D eigenvalue weighted by atomic mass is 10.1. The van der Waals surface area contributed by atoms with Gasteiger partial charge in [0.2, 0.25) is 0 Å². The van der Waals surface area contributed by atoms with Gasteiger partial charge in [-0.2, -0.15) is 0 Å². The number of piperidine rings is 1. The Hall–Kier alpha value is -1.43. The van der Waals surface area contributed by atoms with Crippen molar-refractivity contribution in [2.45, 2.75) is 50.2 Å². The molecule has 0 saturated carbocycles. The second-order valence-electron chi connectivity index (χ2n) is 6.58. The molecule has 0 unspecified atom stereocenters. The van der Waals surface area contributed by atoms with Crippen molar-refractivity contribution in [3.63, 3.8) is 0 Å². The molecule has 22 heavy (non-hydrogen) atoms. The molecule has 5 nitrogen and oxygen atoms in total. The summed E-state index contributed by atoms with van der Waals surface area (Å²) in [5, 5.41) is 0.00137. The predicted octanol–water partition coefficient (Wildman–Crippen LogP) is 2.73. The van der Waals surface area contributed by atoms with Crippen LogP contribution in [0.25, 0.3) is 0 Å². The molecule has 0 radical (unpaired) electrons. The van der Waals surface area contributed by atoms with Gasteiger partial charge in [-0.1, -0.05) is 6.07 Å². The first-order valence-electron chi connectivity index (χ1n) is 7.59. The van der Waals surface area contributed by atoms with Gasteiger partial charge < -0.3 is 9.64 Å². The summed E-state index contributed by atoms with van der Waals surface area (Å²) >= 11 is 0. The van der Waals surface area contributed by atoms with Crippen molar-refractivity contribution in [2.75, 3.05) is 13.1 Å². The van der Waals surface area contributed by atoms with Gasteiger partial charge in [0.05, 0.1) is 11.0 Å². The largest absolute Gasteiger partial charge is 0.444 e. The number of nitrogens with zero attached hydrogens (tertiary/aromatic N) is 2. The van der Waals surface area contributed by atoms with Crippen LogP contribution in [-0.2, 0) is 21.3 Å². The monoisotopic (exact) mass is 324 g/mol. The third-order valence-electron chi connectivity index (χ3n) is 3.43. The Balaban J connectivity index is 1.92. The Morgan fingerprint density at radius 2 is 2.27 bits per heavy atom. The van der Waals surface area contributed by atoms with Gasteiger partial charge >= 0.3 is 6.09 Å². The van der Waals surface area contributed by atoms with Crippen LogP contribution in [0.15, 0.2) is 24.5 Å². The minimum absolute atomic E-state index is 0.00137. The molecule has 2 heterocycles. The molecular formula is C16H24N2O3S. The molecule has 1 aliphatic heterocycles. The average Bonchev–Trinajstić information content (AvgIpc) is 2.46. The van der Waals surface area contributed by atoms with Gasteiger partial charge in [0, 0.05) is 36.3 Å². The van der Waals surface area contributed by atoms with Crippen molar-refractivity contribution in [3.05, 3.63) is 30.1 Å². The topological polar surface area (TPSA) is 59.5 Å². The third-order valence-corrected chi connectivity index (χ3v) is 5.18. The van der Waals surface area contributed by atoms with Crippen molar-refractivity contribution in [1.29, 1.82) is 0 Å². The minimum Gasteiger partial charge on any atom is -0.444 e. The van der Waals surface area contributed by atoms with Crippen LogP contribution in [-0.4, -0.2) is 44.1 Å². The summed E-state index contributed by atoms with van der Waals surface area (Å²) in [7, 11) is -1.01. The Kier molecular flexibility index (Phi) is 5.56. The first kappa shape index (κ1) is 16.9. The number of amides is 1. The van der Waals surface area contributed by atoms with Gasteiger partial charge in [-0.25, -0.2) is 4.79 Å². The fraction of sp³-hybridized carbons (Fsp3) is 0.625. The van der Waals surface area contributed by atoms with E-state index in [1.54, 1.807) is 17.3 Å². The van der Waals surface area contributed by atoms with Gasteiger partial charge in [-0.05, 0) is 45.2 Å². The van der Waals surface area contributed by atoms with E-state index in [9.17, 15) is 9.00 Å². The molecule has 1 aromatic heterocycles. The zero-order valence-corrected chi connectivity index (χ0v) is 14.3. The predicted molar refractivity (Wildman–Crippen MR) is 86.9 cm³/mol. The van der Waals surface area contributed by atoms with Crippen LogP contribution in [0, 0.1) is 0 Å². The second kappa shape index (κ2) is 7.22. The highest BCUT2D eigenvalue weighted by Gasteiger charge is 2.30. The summed E-state index contributed by atoms with van der Waals surface area (Å²) in [6.45, 7) is 6.74. The average molecular weight is 324 g/mol. The van der Waals surface area contributed by atoms with Crippen LogP contribution in [0.2, 0.25) is 0 Å². The van der Waals surface area contributed by atoms with E-state index in [2.05, 4.69) is 4.98 Å². The maximum Gasteiger partial charge on any atom is 0.410 e. The molecule has 0 spiro atoms. The van der Waals surface area contributed by atoms with E-state index in [-0.39, 0.29) is 11.3 Å². The zero-order chi connectivity index (χ0) is 16.2. The van der Waals surface area contributed by atoms with E-state index in [0.717, 1.165) is 18.4 Å². The molecule has 1 saturated heterocycles. The summed E-state index contributed by atoms with van der Waals surface area (Å²) < 4.78 is 17.9. The molecule has 1 aliphatic rings. The maximum absolute atomic E-state index is 12.5. The standard InChI is InChI=1S/C16H24N2O3S/c1-16(2,3)21-15(19)18-9-5-7-14(11-18)22(20)12-13-6-4-8-17-10-13/h4,6,8,10,14H,5,7,9,11-12H2,1-3H3/t14-,22-/m0/s1. The highest BCUT2D eigenvalue weighted by atomic mass is 32.2. The lowest BCUT2D eigenvalue weighted by Crippen LogP contribution is -2.46. The molecule has 0 aliphatic carbocycles. The summed E-state index contributed by atoms with van der Waals surface area (Å²) in [6, 6.07) is 3.78. The highest BCUT2D eigenvalue weighted by Crippen LogP contribution is 2.20. The van der Waals surface area contributed by atoms with Crippen LogP contribution in [0.1, 0.15) is 39.2 Å². The van der Waals surface area contributed by atoms with Gasteiger partial charge in [-0.3, -0.25) is 9.19 Å². The van der Waals surface area contributed by atoms with Crippen LogP contribution >= 0.6 is 0 Å². The van der Waals surface area contributed by atoms with Crippen molar-refractivity contribution >= 4 is 16.9 Å². The number of carbonyl (C=O) groups excluding carboxylic acids is 1. The summed E-state index contributed by atoms with van der Waals surface area (Å²) in [5.41, 5.74) is 0.467. The van der Waals surface area contributed by atoms with Gasteiger partial charge in [0.25, 0.3) is 0 Å². The number of hydrogen-bond acceptors (Lipinski definition) is 4. The smallest absolute Gasteiger partial charge is 0.410 e. The fourth-order valence-electron chi connectivity index (χ4n) is 2.41. The molecule has 1 amide bonds. The van der Waals surface area contributed by atoms with Crippen molar-refractivity contribution in [1.82, 2.24) is 9.88 Å². The zero-order valence-electron chi connectivity index (χ0n) is 13.4. The molecular weight excluding hydrogens is 300 g/mol. The Labute approximate surface area is 134 Å². The maximum atomic E-state index is 12.5. The quantitative estimate of drug-likeness (QED) is 0.858. The van der Waals surface area contributed by atoms with E-state index >= 15 is 0 Å². The van der Waals surface area contributed by atoms with Gasteiger partial charge in [-0.15, -0.1) is 0 Å². The van der Waals surface area contributed by atoms with Crippen LogP contribution in [0.4, 0.5) is 4.79 Å². The van der Waals surface area contributed by atoms with Crippen molar-refractivity contribution < 1.29 is 13.7 Å². The molecule has 2 atom stereocenters. The molecule has 1 aromatic rings. The summed E-state index contributed by atoms with van der Waals surface area (Å²) in [4.78, 5) is 17.9. The van der Waals surface area contributed by atoms with Gasteiger partial charge in [0.1, 0.15) is 5.60 Å². The minimum atomic E-state index is -1.01. The van der Waals surface area contributed by atoms with E-state index in [4.69, 9.17) is 4.74 Å². The molecule has 2 rings (SSSR count). The fourth-order valence-corrected chi connectivity index (χ4v) is 3.92. The number of likely N-dealkylation sites (tertiary alicyclic amines) is 1. The van der Waals surface area contributed by atoms with Crippen LogP contribution < -0.4 is 0 Å². The van der Waals surface area contributed by atoms with E-state index < -0.39 is 16.4 Å². The molecule has 0 N–H and O–H groups in total. The lowest BCUT2D eigenvalue weighted by Gasteiger charge is -2.33.